The molecule has 140 valence electrons. The second-order valence-corrected chi connectivity index (χ2v) is 5.92. The molecular weight excluding hydrogens is 355 g/mol. The highest BCUT2D eigenvalue weighted by atomic mass is 19.1. The first-order valence-electron chi connectivity index (χ1n) is 8.16. The first-order valence-corrected chi connectivity index (χ1v) is 8.16. The molecule has 1 aromatic carbocycles. The van der Waals surface area contributed by atoms with Gasteiger partial charge in [-0.05, 0) is 24.1 Å². The number of aromatic nitrogens is 3. The Bertz CT molecular complexity index is 1130. The SMILES string of the molecule is CCc1noc(NC(=O)c2cc(=O)n(C)c(=O)n2C)c1-c1ccc(F)cc1. The summed E-state index contributed by atoms with van der Waals surface area (Å²) in [5.74, 6) is -1.04. The lowest BCUT2D eigenvalue weighted by Gasteiger charge is -2.09. The van der Waals surface area contributed by atoms with E-state index in [0.717, 1.165) is 15.2 Å². The van der Waals surface area contributed by atoms with Crippen LogP contribution in [0.25, 0.3) is 11.1 Å². The van der Waals surface area contributed by atoms with Crippen LogP contribution >= 0.6 is 0 Å². The molecule has 2 aromatic heterocycles. The van der Waals surface area contributed by atoms with Gasteiger partial charge in [0.15, 0.2) is 0 Å². The van der Waals surface area contributed by atoms with Gasteiger partial charge in [-0.2, -0.15) is 0 Å². The standard InChI is InChI=1S/C18H17FN4O4/c1-4-12-15(10-5-7-11(19)8-6-10)17(27-21-12)20-16(25)13-9-14(24)23(3)18(26)22(13)2/h5-9H,4H2,1-3H3,(H,20,25). The van der Waals surface area contributed by atoms with Crippen LogP contribution in [0.5, 0.6) is 0 Å². The molecule has 0 aliphatic rings. The van der Waals surface area contributed by atoms with Crippen LogP contribution in [0.15, 0.2) is 44.4 Å². The van der Waals surface area contributed by atoms with Crippen molar-refractivity contribution in [2.75, 3.05) is 5.32 Å². The Morgan fingerprint density at radius 3 is 2.48 bits per heavy atom. The minimum Gasteiger partial charge on any atom is -0.337 e. The molecule has 0 aliphatic heterocycles. The molecule has 0 saturated carbocycles. The molecule has 1 N–H and O–H groups in total. The van der Waals surface area contributed by atoms with E-state index in [0.29, 0.717) is 23.2 Å². The minimum absolute atomic E-state index is 0.0524. The molecular formula is C18H17FN4O4. The molecule has 3 aromatic rings. The number of nitrogens with zero attached hydrogens (tertiary/aromatic N) is 3. The molecule has 0 fully saturated rings. The molecule has 2 heterocycles. The number of carbonyl (C=O) groups excluding carboxylic acids is 1. The third kappa shape index (κ3) is 3.31. The maximum Gasteiger partial charge on any atom is 0.331 e. The fourth-order valence-corrected chi connectivity index (χ4v) is 2.68. The Hall–Kier alpha value is -3.49. The molecule has 0 unspecified atom stereocenters. The highest BCUT2D eigenvalue weighted by molar-refractivity contribution is 6.04. The number of nitrogens with one attached hydrogen (secondary N) is 1. The summed E-state index contributed by atoms with van der Waals surface area (Å²) in [7, 11) is 2.71. The molecule has 0 saturated heterocycles. The number of rotatable bonds is 4. The van der Waals surface area contributed by atoms with Crippen molar-refractivity contribution >= 4 is 11.8 Å². The van der Waals surface area contributed by atoms with E-state index in [1.165, 1.54) is 26.2 Å². The van der Waals surface area contributed by atoms with Crippen molar-refractivity contribution in [1.82, 2.24) is 14.3 Å². The highest BCUT2D eigenvalue weighted by Gasteiger charge is 2.21. The molecule has 8 nitrogen and oxygen atoms in total. The maximum atomic E-state index is 13.2. The Morgan fingerprint density at radius 1 is 1.19 bits per heavy atom. The molecule has 27 heavy (non-hydrogen) atoms. The Labute approximate surface area is 152 Å². The van der Waals surface area contributed by atoms with Crippen LogP contribution in [-0.2, 0) is 20.5 Å². The van der Waals surface area contributed by atoms with E-state index >= 15 is 0 Å². The Balaban J connectivity index is 2.03. The zero-order valence-electron chi connectivity index (χ0n) is 14.9. The first-order chi connectivity index (χ1) is 12.8. The van der Waals surface area contributed by atoms with Gasteiger partial charge < -0.3 is 4.52 Å². The average molecular weight is 372 g/mol. The Morgan fingerprint density at radius 2 is 1.85 bits per heavy atom. The molecule has 3 rings (SSSR count). The summed E-state index contributed by atoms with van der Waals surface area (Å²) in [4.78, 5) is 36.5. The lowest BCUT2D eigenvalue weighted by molar-refractivity contribution is 0.101. The van der Waals surface area contributed by atoms with Gasteiger partial charge in [-0.25, -0.2) is 9.18 Å². The third-order valence-electron chi connectivity index (χ3n) is 4.22. The number of benzene rings is 1. The van der Waals surface area contributed by atoms with E-state index in [2.05, 4.69) is 10.5 Å². The van der Waals surface area contributed by atoms with Crippen LogP contribution in [0.4, 0.5) is 10.3 Å². The van der Waals surface area contributed by atoms with Crippen LogP contribution in [0.3, 0.4) is 0 Å². The second kappa shape index (κ2) is 7.02. The van der Waals surface area contributed by atoms with Gasteiger partial charge in [-0.1, -0.05) is 24.2 Å². The summed E-state index contributed by atoms with van der Waals surface area (Å²) in [5.41, 5.74) is 0.353. The van der Waals surface area contributed by atoms with Crippen molar-refractivity contribution in [3.63, 3.8) is 0 Å². The van der Waals surface area contributed by atoms with E-state index in [1.54, 1.807) is 12.1 Å². The van der Waals surface area contributed by atoms with Gasteiger partial charge in [0.25, 0.3) is 11.5 Å². The monoisotopic (exact) mass is 372 g/mol. The molecule has 0 bridgehead atoms. The minimum atomic E-state index is -0.700. The largest absolute Gasteiger partial charge is 0.337 e. The van der Waals surface area contributed by atoms with E-state index in [9.17, 15) is 18.8 Å². The zero-order chi connectivity index (χ0) is 19.7. The number of aryl methyl sites for hydroxylation is 1. The smallest absolute Gasteiger partial charge is 0.331 e. The van der Waals surface area contributed by atoms with Gasteiger partial charge >= 0.3 is 5.69 Å². The lowest BCUT2D eigenvalue weighted by atomic mass is 10.0. The highest BCUT2D eigenvalue weighted by Crippen LogP contribution is 2.32. The van der Waals surface area contributed by atoms with Gasteiger partial charge in [0.2, 0.25) is 5.88 Å². The van der Waals surface area contributed by atoms with Crippen molar-refractivity contribution in [2.45, 2.75) is 13.3 Å². The fraction of sp³-hybridized carbons (Fsp3) is 0.222. The number of hydrogen-bond acceptors (Lipinski definition) is 5. The van der Waals surface area contributed by atoms with Gasteiger partial charge in [0, 0.05) is 20.2 Å². The summed E-state index contributed by atoms with van der Waals surface area (Å²) in [6, 6.07) is 6.73. The summed E-state index contributed by atoms with van der Waals surface area (Å²) >= 11 is 0. The van der Waals surface area contributed by atoms with Gasteiger partial charge in [-0.3, -0.25) is 24.0 Å². The van der Waals surface area contributed by atoms with E-state index in [-0.39, 0.29) is 11.6 Å². The summed E-state index contributed by atoms with van der Waals surface area (Å²) in [6.07, 6.45) is 0.524. The Kier molecular flexibility index (Phi) is 4.76. The van der Waals surface area contributed by atoms with Crippen molar-refractivity contribution in [3.05, 3.63) is 68.4 Å². The molecule has 0 radical (unpaired) electrons. The van der Waals surface area contributed by atoms with E-state index in [4.69, 9.17) is 4.52 Å². The van der Waals surface area contributed by atoms with Crippen molar-refractivity contribution in [3.8, 4) is 11.1 Å². The number of amides is 1. The lowest BCUT2D eigenvalue weighted by Crippen LogP contribution is -2.40. The number of anilines is 1. The first kappa shape index (κ1) is 18.3. The number of halogens is 1. The molecule has 1 amide bonds. The number of hydrogen-bond donors (Lipinski definition) is 1. The van der Waals surface area contributed by atoms with Crippen molar-refractivity contribution < 1.29 is 13.7 Å². The zero-order valence-corrected chi connectivity index (χ0v) is 14.9. The normalized spacial score (nSPS) is 10.8. The van der Waals surface area contributed by atoms with Crippen LogP contribution in [0, 0.1) is 5.82 Å². The quantitative estimate of drug-likeness (QED) is 0.751. The predicted octanol–water partition coefficient (Wildman–Crippen LogP) is 1.69. The van der Waals surface area contributed by atoms with Crippen LogP contribution in [0.1, 0.15) is 23.1 Å². The van der Waals surface area contributed by atoms with Crippen LogP contribution in [-0.4, -0.2) is 20.2 Å². The predicted molar refractivity (Wildman–Crippen MR) is 96.2 cm³/mol. The van der Waals surface area contributed by atoms with Gasteiger partial charge in [-0.15, -0.1) is 0 Å². The van der Waals surface area contributed by atoms with Gasteiger partial charge in [0.1, 0.15) is 11.5 Å². The van der Waals surface area contributed by atoms with E-state index in [1.807, 2.05) is 6.92 Å². The second-order valence-electron chi connectivity index (χ2n) is 5.92. The molecule has 0 aliphatic carbocycles. The topological polar surface area (TPSA) is 99.1 Å². The summed E-state index contributed by atoms with van der Waals surface area (Å²) < 4.78 is 20.4. The molecule has 0 atom stereocenters. The van der Waals surface area contributed by atoms with Crippen molar-refractivity contribution in [1.29, 1.82) is 0 Å². The molecule has 9 heteroatoms. The van der Waals surface area contributed by atoms with Gasteiger partial charge in [0.05, 0.1) is 11.3 Å². The number of carbonyl (C=O) groups is 1. The van der Waals surface area contributed by atoms with Crippen LogP contribution in [0.2, 0.25) is 0 Å². The summed E-state index contributed by atoms with van der Waals surface area (Å²) in [5, 5.41) is 6.47. The van der Waals surface area contributed by atoms with E-state index < -0.39 is 23.0 Å². The molecule has 0 spiro atoms. The third-order valence-corrected chi connectivity index (χ3v) is 4.22. The van der Waals surface area contributed by atoms with Crippen LogP contribution < -0.4 is 16.6 Å². The maximum absolute atomic E-state index is 13.2. The fourth-order valence-electron chi connectivity index (χ4n) is 2.68. The van der Waals surface area contributed by atoms with Crippen molar-refractivity contribution in [2.24, 2.45) is 14.1 Å². The average Bonchev–Trinajstić information content (AvgIpc) is 3.06. The summed E-state index contributed by atoms with van der Waals surface area (Å²) in [6.45, 7) is 1.86.